The molecular formula is C21H29N5O2. The average molecular weight is 383 g/mol. The monoisotopic (exact) mass is 383 g/mol. The molecule has 28 heavy (non-hydrogen) atoms. The summed E-state index contributed by atoms with van der Waals surface area (Å²) in [5.74, 6) is 1.79. The Morgan fingerprint density at radius 1 is 1.07 bits per heavy atom. The Balaban J connectivity index is 1.36. The first-order valence-corrected chi connectivity index (χ1v) is 10.2. The first-order chi connectivity index (χ1) is 13.6. The van der Waals surface area contributed by atoms with Gasteiger partial charge in [0.05, 0.1) is 18.0 Å². The molecule has 1 saturated heterocycles. The van der Waals surface area contributed by atoms with Crippen LogP contribution in [0.25, 0.3) is 10.9 Å². The van der Waals surface area contributed by atoms with E-state index >= 15 is 0 Å². The standard InChI is InChI=1S/C21H29N5O2/c1-26(2)19-17-5-3-4-6-18(17)24-21(25-19)23-16-9-7-15(8-10-16)22-20(27)14-11-12-28-13-14/h3-6,14-16H,7-13H2,1-2H3,(H,22,27)(H,23,24,25)/t14?,15-,16+. The fourth-order valence-corrected chi connectivity index (χ4v) is 4.09. The fourth-order valence-electron chi connectivity index (χ4n) is 4.09. The van der Waals surface area contributed by atoms with Crippen LogP contribution in [0, 0.1) is 5.92 Å². The van der Waals surface area contributed by atoms with Gasteiger partial charge in [0.1, 0.15) is 5.82 Å². The molecule has 1 aromatic heterocycles. The van der Waals surface area contributed by atoms with Gasteiger partial charge < -0.3 is 20.3 Å². The third kappa shape index (κ3) is 4.19. The van der Waals surface area contributed by atoms with Crippen LogP contribution in [-0.4, -0.2) is 55.3 Å². The summed E-state index contributed by atoms with van der Waals surface area (Å²) in [7, 11) is 4.00. The first kappa shape index (κ1) is 18.9. The lowest BCUT2D eigenvalue weighted by molar-refractivity contribution is -0.125. The Morgan fingerprint density at radius 2 is 1.82 bits per heavy atom. The molecule has 7 heteroatoms. The van der Waals surface area contributed by atoms with Gasteiger partial charge in [-0.15, -0.1) is 0 Å². The maximum atomic E-state index is 12.3. The minimum Gasteiger partial charge on any atom is -0.381 e. The van der Waals surface area contributed by atoms with Gasteiger partial charge in [-0.1, -0.05) is 12.1 Å². The Bertz CT molecular complexity index is 827. The number of fused-ring (bicyclic) bond motifs is 1. The van der Waals surface area contributed by atoms with E-state index in [4.69, 9.17) is 14.7 Å². The molecule has 0 radical (unpaired) electrons. The fraction of sp³-hybridized carbons (Fsp3) is 0.571. The Kier molecular flexibility index (Phi) is 5.62. The summed E-state index contributed by atoms with van der Waals surface area (Å²) in [6.45, 7) is 1.27. The van der Waals surface area contributed by atoms with Gasteiger partial charge in [0.15, 0.2) is 0 Å². The van der Waals surface area contributed by atoms with Crippen molar-refractivity contribution in [1.29, 1.82) is 0 Å². The summed E-state index contributed by atoms with van der Waals surface area (Å²) in [4.78, 5) is 23.7. The number of ether oxygens (including phenoxy) is 1. The normalized spacial score (nSPS) is 24.9. The lowest BCUT2D eigenvalue weighted by atomic mass is 9.90. The predicted octanol–water partition coefficient (Wildman–Crippen LogP) is 2.57. The lowest BCUT2D eigenvalue weighted by Gasteiger charge is -2.30. The molecule has 150 valence electrons. The van der Waals surface area contributed by atoms with E-state index in [1.807, 2.05) is 37.2 Å². The summed E-state index contributed by atoms with van der Waals surface area (Å²) >= 11 is 0. The Morgan fingerprint density at radius 3 is 2.54 bits per heavy atom. The minimum atomic E-state index is 0.0336. The Labute approximate surface area is 165 Å². The molecule has 4 rings (SSSR count). The van der Waals surface area contributed by atoms with E-state index in [1.54, 1.807) is 0 Å². The number of amides is 1. The van der Waals surface area contributed by atoms with Gasteiger partial charge in [0.25, 0.3) is 0 Å². The van der Waals surface area contributed by atoms with E-state index in [2.05, 4.69) is 16.7 Å². The van der Waals surface area contributed by atoms with E-state index in [9.17, 15) is 4.79 Å². The molecule has 1 saturated carbocycles. The molecule has 2 heterocycles. The number of anilines is 2. The molecule has 1 aliphatic heterocycles. The second kappa shape index (κ2) is 8.31. The Hall–Kier alpha value is -2.41. The molecule has 0 bridgehead atoms. The molecule has 1 atom stereocenters. The van der Waals surface area contributed by atoms with Crippen LogP contribution >= 0.6 is 0 Å². The smallest absolute Gasteiger partial charge is 0.225 e. The maximum absolute atomic E-state index is 12.3. The maximum Gasteiger partial charge on any atom is 0.225 e. The number of benzene rings is 1. The number of nitrogens with one attached hydrogen (secondary N) is 2. The van der Waals surface area contributed by atoms with Crippen LogP contribution in [0.15, 0.2) is 24.3 Å². The summed E-state index contributed by atoms with van der Waals surface area (Å²) < 4.78 is 5.32. The summed E-state index contributed by atoms with van der Waals surface area (Å²) in [5.41, 5.74) is 0.948. The number of carbonyl (C=O) groups is 1. The van der Waals surface area contributed by atoms with Crippen molar-refractivity contribution in [3.8, 4) is 0 Å². The molecule has 2 N–H and O–H groups in total. The summed E-state index contributed by atoms with van der Waals surface area (Å²) in [6, 6.07) is 8.69. The number of nitrogens with zero attached hydrogens (tertiary/aromatic N) is 3. The van der Waals surface area contributed by atoms with Gasteiger partial charge in [-0.05, 0) is 44.2 Å². The number of hydrogen-bond acceptors (Lipinski definition) is 6. The minimum absolute atomic E-state index is 0.0336. The zero-order chi connectivity index (χ0) is 19.5. The van der Waals surface area contributed by atoms with Gasteiger partial charge in [-0.25, -0.2) is 4.98 Å². The molecule has 2 aliphatic rings. The number of aromatic nitrogens is 2. The van der Waals surface area contributed by atoms with E-state index in [0.29, 0.717) is 25.2 Å². The third-order valence-corrected chi connectivity index (χ3v) is 5.71. The van der Waals surface area contributed by atoms with Crippen molar-refractivity contribution in [2.24, 2.45) is 5.92 Å². The third-order valence-electron chi connectivity index (χ3n) is 5.71. The van der Waals surface area contributed by atoms with Crippen molar-refractivity contribution in [1.82, 2.24) is 15.3 Å². The van der Waals surface area contributed by atoms with Crippen molar-refractivity contribution in [2.75, 3.05) is 37.5 Å². The second-order valence-corrected chi connectivity index (χ2v) is 8.04. The molecule has 1 amide bonds. The number of hydrogen-bond donors (Lipinski definition) is 2. The molecule has 0 spiro atoms. The quantitative estimate of drug-likeness (QED) is 0.826. The van der Waals surface area contributed by atoms with Crippen molar-refractivity contribution in [3.63, 3.8) is 0 Å². The van der Waals surface area contributed by atoms with Crippen molar-refractivity contribution < 1.29 is 9.53 Å². The van der Waals surface area contributed by atoms with Crippen molar-refractivity contribution >= 4 is 28.6 Å². The van der Waals surface area contributed by atoms with Crippen molar-refractivity contribution in [3.05, 3.63) is 24.3 Å². The molecule has 2 aromatic rings. The van der Waals surface area contributed by atoms with Crippen LogP contribution in [0.4, 0.5) is 11.8 Å². The summed E-state index contributed by atoms with van der Waals surface area (Å²) in [5, 5.41) is 7.78. The van der Waals surface area contributed by atoms with Crippen molar-refractivity contribution in [2.45, 2.75) is 44.2 Å². The zero-order valence-electron chi connectivity index (χ0n) is 16.6. The zero-order valence-corrected chi connectivity index (χ0v) is 16.6. The second-order valence-electron chi connectivity index (χ2n) is 8.04. The molecule has 7 nitrogen and oxygen atoms in total. The summed E-state index contributed by atoms with van der Waals surface area (Å²) in [6.07, 6.45) is 4.80. The van der Waals surface area contributed by atoms with Crippen LogP contribution in [0.1, 0.15) is 32.1 Å². The molecule has 2 fully saturated rings. The highest BCUT2D eigenvalue weighted by molar-refractivity contribution is 5.90. The van der Waals surface area contributed by atoms with E-state index in [-0.39, 0.29) is 17.9 Å². The number of carbonyl (C=O) groups excluding carboxylic acids is 1. The lowest BCUT2D eigenvalue weighted by Crippen LogP contribution is -2.43. The highest BCUT2D eigenvalue weighted by atomic mass is 16.5. The van der Waals surface area contributed by atoms with Gasteiger partial charge in [-0.2, -0.15) is 4.98 Å². The topological polar surface area (TPSA) is 79.4 Å². The van der Waals surface area contributed by atoms with Gasteiger partial charge in [-0.3, -0.25) is 4.79 Å². The van der Waals surface area contributed by atoms with Crippen LogP contribution in [0.5, 0.6) is 0 Å². The van der Waals surface area contributed by atoms with E-state index in [1.165, 1.54) is 0 Å². The highest BCUT2D eigenvalue weighted by Crippen LogP contribution is 2.26. The number of rotatable bonds is 5. The predicted molar refractivity (Wildman–Crippen MR) is 111 cm³/mol. The van der Waals surface area contributed by atoms with Crippen LogP contribution < -0.4 is 15.5 Å². The van der Waals surface area contributed by atoms with Crippen LogP contribution in [0.2, 0.25) is 0 Å². The van der Waals surface area contributed by atoms with Gasteiger partial charge in [0.2, 0.25) is 11.9 Å². The van der Waals surface area contributed by atoms with E-state index in [0.717, 1.165) is 48.8 Å². The van der Waals surface area contributed by atoms with Crippen LogP contribution in [-0.2, 0) is 9.53 Å². The molecular weight excluding hydrogens is 354 g/mol. The van der Waals surface area contributed by atoms with Gasteiger partial charge in [0, 0.05) is 38.2 Å². The molecule has 1 unspecified atom stereocenters. The highest BCUT2D eigenvalue weighted by Gasteiger charge is 2.28. The number of para-hydroxylation sites is 1. The van der Waals surface area contributed by atoms with E-state index < -0.39 is 0 Å². The largest absolute Gasteiger partial charge is 0.381 e. The molecule has 1 aromatic carbocycles. The SMILES string of the molecule is CN(C)c1nc(N[C@H]2CC[C@@H](NC(=O)C3CCOC3)CC2)nc2ccccc12. The van der Waals surface area contributed by atoms with Gasteiger partial charge >= 0.3 is 0 Å². The van der Waals surface area contributed by atoms with Crippen LogP contribution in [0.3, 0.4) is 0 Å². The molecule has 1 aliphatic carbocycles. The average Bonchev–Trinajstić information content (AvgIpc) is 3.24. The first-order valence-electron chi connectivity index (χ1n) is 10.2.